The van der Waals surface area contributed by atoms with Gasteiger partial charge in [-0.3, -0.25) is 0 Å². The zero-order valence-electron chi connectivity index (χ0n) is 11.5. The maximum atomic E-state index is 2.65. The molecule has 16 heavy (non-hydrogen) atoms. The van der Waals surface area contributed by atoms with Gasteiger partial charge in [0.15, 0.2) is 0 Å². The fourth-order valence-electron chi connectivity index (χ4n) is 2.54. The van der Waals surface area contributed by atoms with Crippen LogP contribution in [0.4, 0.5) is 0 Å². The van der Waals surface area contributed by atoms with Gasteiger partial charge in [-0.25, -0.2) is 0 Å². The fraction of sp³-hybridized carbons (Fsp3) is 1.00. The van der Waals surface area contributed by atoms with Crippen molar-refractivity contribution in [2.45, 2.75) is 46.5 Å². The number of likely N-dealkylation sites (tertiary alicyclic amines) is 1. The summed E-state index contributed by atoms with van der Waals surface area (Å²) in [6, 6.07) is 0. The van der Waals surface area contributed by atoms with Crippen LogP contribution in [0.2, 0.25) is 0 Å². The van der Waals surface area contributed by atoms with E-state index in [0.29, 0.717) is 0 Å². The summed E-state index contributed by atoms with van der Waals surface area (Å²) in [7, 11) is 0. The molecule has 0 aromatic rings. The first kappa shape index (κ1) is 14.0. The van der Waals surface area contributed by atoms with E-state index in [1.54, 1.807) is 0 Å². The minimum Gasteiger partial charge on any atom is -0.302 e. The molecule has 0 radical (unpaired) electrons. The zero-order valence-corrected chi connectivity index (χ0v) is 11.5. The molecule has 1 aliphatic heterocycles. The molecule has 96 valence electrons. The molecule has 1 aliphatic rings. The van der Waals surface area contributed by atoms with Crippen LogP contribution in [0.15, 0.2) is 0 Å². The van der Waals surface area contributed by atoms with Crippen molar-refractivity contribution in [3.8, 4) is 0 Å². The van der Waals surface area contributed by atoms with E-state index in [1.807, 2.05) is 0 Å². The summed E-state index contributed by atoms with van der Waals surface area (Å²) in [4.78, 5) is 5.27. The number of nitrogens with zero attached hydrogens (tertiary/aromatic N) is 2. The Morgan fingerprint density at radius 2 is 1.56 bits per heavy atom. The third kappa shape index (κ3) is 5.31. The lowest BCUT2D eigenvalue weighted by atomic mass is 9.99. The van der Waals surface area contributed by atoms with E-state index in [9.17, 15) is 0 Å². The summed E-state index contributed by atoms with van der Waals surface area (Å²) in [6.45, 7) is 14.7. The quantitative estimate of drug-likeness (QED) is 0.658. The highest BCUT2D eigenvalue weighted by Crippen LogP contribution is 2.15. The molecule has 0 aromatic carbocycles. The van der Waals surface area contributed by atoms with Crippen LogP contribution in [0.25, 0.3) is 0 Å². The van der Waals surface area contributed by atoms with Crippen molar-refractivity contribution in [3.05, 3.63) is 0 Å². The molecule has 1 rings (SSSR count). The molecule has 2 heteroatoms. The van der Waals surface area contributed by atoms with Gasteiger partial charge in [0, 0.05) is 13.1 Å². The van der Waals surface area contributed by atoms with E-state index in [0.717, 1.165) is 5.92 Å². The van der Waals surface area contributed by atoms with Crippen molar-refractivity contribution < 1.29 is 0 Å². The van der Waals surface area contributed by atoms with Crippen molar-refractivity contribution in [2.75, 3.05) is 39.3 Å². The molecule has 1 saturated heterocycles. The molecular weight excluding hydrogens is 196 g/mol. The van der Waals surface area contributed by atoms with E-state index >= 15 is 0 Å². The fourth-order valence-corrected chi connectivity index (χ4v) is 2.54. The van der Waals surface area contributed by atoms with E-state index in [2.05, 4.69) is 30.6 Å². The van der Waals surface area contributed by atoms with Crippen LogP contribution in [-0.4, -0.2) is 49.1 Å². The van der Waals surface area contributed by atoms with E-state index in [1.165, 1.54) is 65.0 Å². The third-order valence-corrected chi connectivity index (χ3v) is 3.69. The minimum absolute atomic E-state index is 0.957. The Morgan fingerprint density at radius 3 is 2.06 bits per heavy atom. The number of hydrogen-bond donors (Lipinski definition) is 0. The van der Waals surface area contributed by atoms with Crippen LogP contribution < -0.4 is 0 Å². The van der Waals surface area contributed by atoms with Crippen molar-refractivity contribution >= 4 is 0 Å². The van der Waals surface area contributed by atoms with Gasteiger partial charge in [-0.2, -0.15) is 0 Å². The predicted molar refractivity (Wildman–Crippen MR) is 71.9 cm³/mol. The van der Waals surface area contributed by atoms with E-state index < -0.39 is 0 Å². The monoisotopic (exact) mass is 226 g/mol. The van der Waals surface area contributed by atoms with Gasteiger partial charge in [0.2, 0.25) is 0 Å². The molecule has 0 N–H and O–H groups in total. The molecular formula is C14H30N2. The van der Waals surface area contributed by atoms with Crippen molar-refractivity contribution in [1.29, 1.82) is 0 Å². The summed E-state index contributed by atoms with van der Waals surface area (Å²) in [5.74, 6) is 0.957. The van der Waals surface area contributed by atoms with Crippen molar-refractivity contribution in [1.82, 2.24) is 9.80 Å². The first-order valence-electron chi connectivity index (χ1n) is 7.21. The SMILES string of the molecule is CCCN(CCC)CCN1CCC(C)CC1. The third-order valence-electron chi connectivity index (χ3n) is 3.69. The molecule has 0 atom stereocenters. The molecule has 0 bridgehead atoms. The predicted octanol–water partition coefficient (Wildman–Crippen LogP) is 2.84. The largest absolute Gasteiger partial charge is 0.302 e. The van der Waals surface area contributed by atoms with Gasteiger partial charge in [0.05, 0.1) is 0 Å². The van der Waals surface area contributed by atoms with Gasteiger partial charge in [-0.1, -0.05) is 20.8 Å². The molecule has 0 amide bonds. The Morgan fingerprint density at radius 1 is 1.00 bits per heavy atom. The number of hydrogen-bond acceptors (Lipinski definition) is 2. The summed E-state index contributed by atoms with van der Waals surface area (Å²) < 4.78 is 0. The van der Waals surface area contributed by atoms with Crippen LogP contribution in [0.1, 0.15) is 46.5 Å². The zero-order chi connectivity index (χ0) is 11.8. The maximum absolute atomic E-state index is 2.65. The smallest absolute Gasteiger partial charge is 0.0109 e. The Hall–Kier alpha value is -0.0800. The maximum Gasteiger partial charge on any atom is 0.0109 e. The first-order valence-corrected chi connectivity index (χ1v) is 7.21. The molecule has 0 spiro atoms. The van der Waals surface area contributed by atoms with E-state index in [-0.39, 0.29) is 0 Å². The second-order valence-electron chi connectivity index (χ2n) is 5.37. The minimum atomic E-state index is 0.957. The molecule has 2 nitrogen and oxygen atoms in total. The van der Waals surface area contributed by atoms with Crippen LogP contribution in [0, 0.1) is 5.92 Å². The van der Waals surface area contributed by atoms with Gasteiger partial charge in [0.25, 0.3) is 0 Å². The van der Waals surface area contributed by atoms with Gasteiger partial charge < -0.3 is 9.80 Å². The topological polar surface area (TPSA) is 6.48 Å². The van der Waals surface area contributed by atoms with Crippen LogP contribution in [-0.2, 0) is 0 Å². The lowest BCUT2D eigenvalue weighted by molar-refractivity contribution is 0.160. The Labute approximate surface area is 102 Å². The normalized spacial score (nSPS) is 19.5. The van der Waals surface area contributed by atoms with Crippen molar-refractivity contribution in [2.24, 2.45) is 5.92 Å². The summed E-state index contributed by atoms with van der Waals surface area (Å²) in [5.41, 5.74) is 0. The molecule has 0 saturated carbocycles. The summed E-state index contributed by atoms with van der Waals surface area (Å²) in [6.07, 6.45) is 5.39. The highest BCUT2D eigenvalue weighted by Gasteiger charge is 2.15. The first-order chi connectivity index (χ1) is 7.76. The summed E-state index contributed by atoms with van der Waals surface area (Å²) in [5, 5.41) is 0. The second kappa shape index (κ2) is 8.08. The van der Waals surface area contributed by atoms with Gasteiger partial charge in [-0.05, 0) is 57.8 Å². The van der Waals surface area contributed by atoms with E-state index in [4.69, 9.17) is 0 Å². The average Bonchev–Trinajstić information content (AvgIpc) is 2.29. The number of piperidine rings is 1. The molecule has 0 aliphatic carbocycles. The van der Waals surface area contributed by atoms with Gasteiger partial charge >= 0.3 is 0 Å². The highest BCUT2D eigenvalue weighted by molar-refractivity contribution is 4.70. The molecule has 1 fully saturated rings. The lowest BCUT2D eigenvalue weighted by Gasteiger charge is -2.32. The van der Waals surface area contributed by atoms with Crippen molar-refractivity contribution in [3.63, 3.8) is 0 Å². The van der Waals surface area contributed by atoms with Gasteiger partial charge in [-0.15, -0.1) is 0 Å². The molecule has 0 aromatic heterocycles. The highest BCUT2D eigenvalue weighted by atomic mass is 15.2. The average molecular weight is 226 g/mol. The Balaban J connectivity index is 2.15. The standard InChI is InChI=1S/C14H30N2/c1-4-8-15(9-5-2)12-13-16-10-6-14(3)7-11-16/h14H,4-13H2,1-3H3. The summed E-state index contributed by atoms with van der Waals surface area (Å²) >= 11 is 0. The molecule has 1 heterocycles. The number of rotatable bonds is 7. The van der Waals surface area contributed by atoms with Gasteiger partial charge in [0.1, 0.15) is 0 Å². The molecule has 0 unspecified atom stereocenters. The lowest BCUT2D eigenvalue weighted by Crippen LogP contribution is -2.39. The Bertz CT molecular complexity index is 156. The Kier molecular flexibility index (Phi) is 7.06. The second-order valence-corrected chi connectivity index (χ2v) is 5.37. The van der Waals surface area contributed by atoms with Crippen LogP contribution in [0.5, 0.6) is 0 Å². The van der Waals surface area contributed by atoms with Crippen LogP contribution in [0.3, 0.4) is 0 Å². The van der Waals surface area contributed by atoms with Crippen LogP contribution >= 0.6 is 0 Å².